The fourth-order valence-electron chi connectivity index (χ4n) is 8.46. The molecule has 2 aliphatic heterocycles. The molecule has 0 bridgehead atoms. The molecule has 0 spiro atoms. The van der Waals surface area contributed by atoms with E-state index in [9.17, 15) is 24.3 Å². The van der Waals surface area contributed by atoms with Gasteiger partial charge in [-0.2, -0.15) is 0 Å². The molecule has 2 amide bonds. The van der Waals surface area contributed by atoms with Gasteiger partial charge in [0, 0.05) is 48.3 Å². The average Bonchev–Trinajstić information content (AvgIpc) is 3.27. The van der Waals surface area contributed by atoms with Crippen molar-refractivity contribution in [3.63, 3.8) is 0 Å². The molecular formula is C37H38N2O5. The van der Waals surface area contributed by atoms with Gasteiger partial charge in [0.15, 0.2) is 11.6 Å². The summed E-state index contributed by atoms with van der Waals surface area (Å²) in [7, 11) is 0. The Morgan fingerprint density at radius 2 is 1.57 bits per heavy atom. The van der Waals surface area contributed by atoms with Crippen LogP contribution in [0.5, 0.6) is 5.75 Å². The Bertz CT molecular complexity index is 1670. The molecule has 0 radical (unpaired) electrons. The van der Waals surface area contributed by atoms with Crippen molar-refractivity contribution in [1.82, 2.24) is 9.80 Å². The molecule has 1 N–H and O–H groups in total. The molecular weight excluding hydrogens is 552 g/mol. The van der Waals surface area contributed by atoms with Gasteiger partial charge in [0.25, 0.3) is 0 Å². The zero-order valence-corrected chi connectivity index (χ0v) is 25.5. The summed E-state index contributed by atoms with van der Waals surface area (Å²) in [5.74, 6) is -2.17. The lowest BCUT2D eigenvalue weighted by atomic mass is 9.59. The number of aromatic hydroxyl groups is 1. The van der Waals surface area contributed by atoms with Crippen LogP contribution in [-0.4, -0.2) is 57.4 Å². The van der Waals surface area contributed by atoms with Gasteiger partial charge in [-0.3, -0.25) is 29.0 Å². The average molecular weight is 591 g/mol. The Hall–Kier alpha value is -4.10. The van der Waals surface area contributed by atoms with E-state index in [0.717, 1.165) is 43.6 Å². The van der Waals surface area contributed by atoms with Crippen molar-refractivity contribution >= 4 is 23.4 Å². The molecule has 0 saturated carbocycles. The van der Waals surface area contributed by atoms with Crippen LogP contribution in [0.1, 0.15) is 60.8 Å². The molecule has 44 heavy (non-hydrogen) atoms. The predicted octanol–water partition coefficient (Wildman–Crippen LogP) is 5.10. The number of piperidine rings is 1. The molecule has 2 aromatic carbocycles. The lowest BCUT2D eigenvalue weighted by Gasteiger charge is -2.42. The van der Waals surface area contributed by atoms with Crippen LogP contribution in [0.3, 0.4) is 0 Å². The number of phenolic OH excluding ortho intramolecular Hbond substituents is 1. The number of ketones is 2. The number of allylic oxidation sites excluding steroid dienone is 6. The molecule has 226 valence electrons. The first-order valence-corrected chi connectivity index (χ1v) is 15.8. The van der Waals surface area contributed by atoms with Crippen LogP contribution < -0.4 is 0 Å². The van der Waals surface area contributed by atoms with Gasteiger partial charge in [-0.05, 0) is 80.7 Å². The van der Waals surface area contributed by atoms with Gasteiger partial charge >= 0.3 is 0 Å². The van der Waals surface area contributed by atoms with Crippen molar-refractivity contribution in [3.8, 4) is 5.75 Å². The quantitative estimate of drug-likeness (QED) is 0.303. The van der Waals surface area contributed by atoms with E-state index in [-0.39, 0.29) is 47.5 Å². The summed E-state index contributed by atoms with van der Waals surface area (Å²) in [4.78, 5) is 59.2. The van der Waals surface area contributed by atoms with Crippen LogP contribution in [-0.2, 0) is 25.7 Å². The van der Waals surface area contributed by atoms with E-state index in [1.807, 2.05) is 44.2 Å². The minimum absolute atomic E-state index is 0.0914. The minimum atomic E-state index is -0.546. The van der Waals surface area contributed by atoms with E-state index in [0.29, 0.717) is 34.3 Å². The van der Waals surface area contributed by atoms with E-state index in [4.69, 9.17) is 0 Å². The third-order valence-corrected chi connectivity index (χ3v) is 10.6. The molecule has 7 heteroatoms. The number of benzene rings is 2. The maximum Gasteiger partial charge on any atom is 0.233 e. The molecule has 0 aromatic heterocycles. The second-order valence-corrected chi connectivity index (χ2v) is 13.3. The number of phenols is 1. The summed E-state index contributed by atoms with van der Waals surface area (Å²) in [5, 5.41) is 10.5. The summed E-state index contributed by atoms with van der Waals surface area (Å²) in [5.41, 5.74) is 5.78. The number of fused-ring (bicyclic) bond motifs is 3. The molecule has 7 rings (SSSR count). The Kier molecular flexibility index (Phi) is 7.04. The largest absolute Gasteiger partial charge is 0.507 e. The van der Waals surface area contributed by atoms with Crippen molar-refractivity contribution in [1.29, 1.82) is 0 Å². The number of hydrogen-bond acceptors (Lipinski definition) is 6. The first-order valence-electron chi connectivity index (χ1n) is 15.8. The van der Waals surface area contributed by atoms with E-state index in [2.05, 4.69) is 23.1 Å². The van der Waals surface area contributed by atoms with Crippen LogP contribution in [0.25, 0.3) is 0 Å². The standard InChI is InChI=1S/C37H38N2O5/c1-20-15-24(16-21(2)34(20)41)31-26-9-10-27-32(28(26)18-29-30(40)17-22(3)35(42)33(29)31)37(44)39(36(27)43)25-11-13-38(14-12-25)19-23-7-5-4-6-8-23/h4-9,15-17,25,27-28,31-32,41H,10-14,18-19H2,1-3H3/t27-,28+,31-,32-/m0/s1. The highest BCUT2D eigenvalue weighted by molar-refractivity contribution is 6.23. The van der Waals surface area contributed by atoms with Crippen LogP contribution in [0.4, 0.5) is 0 Å². The number of carbonyl (C=O) groups excluding carboxylic acids is 4. The summed E-state index contributed by atoms with van der Waals surface area (Å²) >= 11 is 0. The van der Waals surface area contributed by atoms with Crippen LogP contribution in [0.15, 0.2) is 76.9 Å². The number of nitrogens with zero attached hydrogens (tertiary/aromatic N) is 2. The SMILES string of the molecule is CC1=CC(=O)C2=C(C1=O)[C@@H](c1cc(C)c(O)c(C)c1)C1=CC[C@@H]3C(=O)N(C4CCN(Cc5ccccc5)CC4)C(=O)[C@@H]3[C@@H]1C2. The molecule has 3 aliphatic carbocycles. The first kappa shape index (κ1) is 28.7. The minimum Gasteiger partial charge on any atom is -0.507 e. The number of rotatable bonds is 4. The third-order valence-electron chi connectivity index (χ3n) is 10.6. The molecule has 7 nitrogen and oxygen atoms in total. The van der Waals surface area contributed by atoms with Crippen LogP contribution >= 0.6 is 0 Å². The first-order chi connectivity index (χ1) is 21.1. The number of Topliss-reactive ketones (excluding diaryl/α,β-unsaturated/α-hetero) is 1. The fraction of sp³-hybridized carbons (Fsp3) is 0.405. The molecule has 2 aromatic rings. The number of likely N-dealkylation sites (tertiary alicyclic amines) is 2. The summed E-state index contributed by atoms with van der Waals surface area (Å²) < 4.78 is 0. The lowest BCUT2D eigenvalue weighted by molar-refractivity contribution is -0.144. The normalized spacial score (nSPS) is 27.7. The van der Waals surface area contributed by atoms with Crippen molar-refractivity contribution in [3.05, 3.63) is 99.2 Å². The zero-order valence-electron chi connectivity index (χ0n) is 25.5. The Labute approximate surface area is 257 Å². The number of imide groups is 1. The molecule has 4 atom stereocenters. The number of aryl methyl sites for hydroxylation is 2. The van der Waals surface area contributed by atoms with Gasteiger partial charge in [0.1, 0.15) is 5.75 Å². The highest BCUT2D eigenvalue weighted by Crippen LogP contribution is 2.55. The predicted molar refractivity (Wildman–Crippen MR) is 165 cm³/mol. The van der Waals surface area contributed by atoms with Crippen molar-refractivity contribution in [2.75, 3.05) is 13.1 Å². The molecule has 2 heterocycles. The van der Waals surface area contributed by atoms with Gasteiger partial charge in [-0.25, -0.2) is 0 Å². The van der Waals surface area contributed by atoms with Crippen LogP contribution in [0.2, 0.25) is 0 Å². The fourth-order valence-corrected chi connectivity index (χ4v) is 8.46. The Morgan fingerprint density at radius 1 is 0.886 bits per heavy atom. The van der Waals surface area contributed by atoms with Gasteiger partial charge in [0.05, 0.1) is 11.8 Å². The van der Waals surface area contributed by atoms with Gasteiger partial charge in [0.2, 0.25) is 11.8 Å². The molecule has 5 aliphatic rings. The number of carbonyl (C=O) groups is 4. The highest BCUT2D eigenvalue weighted by Gasteiger charge is 2.57. The summed E-state index contributed by atoms with van der Waals surface area (Å²) in [6.07, 6.45) is 5.70. The monoisotopic (exact) mass is 590 g/mol. The van der Waals surface area contributed by atoms with E-state index >= 15 is 0 Å². The number of amides is 2. The maximum atomic E-state index is 14.3. The molecule has 0 unspecified atom stereocenters. The van der Waals surface area contributed by atoms with Gasteiger partial charge in [-0.1, -0.05) is 54.1 Å². The van der Waals surface area contributed by atoms with Crippen molar-refractivity contribution in [2.45, 2.75) is 65.0 Å². The van der Waals surface area contributed by atoms with Crippen molar-refractivity contribution < 1.29 is 24.3 Å². The smallest absolute Gasteiger partial charge is 0.233 e. The Balaban J connectivity index is 1.20. The Morgan fingerprint density at radius 3 is 2.25 bits per heavy atom. The van der Waals surface area contributed by atoms with Crippen molar-refractivity contribution in [2.24, 2.45) is 17.8 Å². The second kappa shape index (κ2) is 10.8. The second-order valence-electron chi connectivity index (χ2n) is 13.3. The third kappa shape index (κ3) is 4.52. The highest BCUT2D eigenvalue weighted by atomic mass is 16.3. The maximum absolute atomic E-state index is 14.3. The van der Waals surface area contributed by atoms with Crippen LogP contribution in [0, 0.1) is 31.6 Å². The van der Waals surface area contributed by atoms with E-state index < -0.39 is 17.8 Å². The lowest BCUT2D eigenvalue weighted by Crippen LogP contribution is -2.47. The van der Waals surface area contributed by atoms with Gasteiger partial charge in [-0.15, -0.1) is 0 Å². The van der Waals surface area contributed by atoms with E-state index in [1.54, 1.807) is 11.8 Å². The summed E-state index contributed by atoms with van der Waals surface area (Å²) in [6.45, 7) is 7.82. The van der Waals surface area contributed by atoms with E-state index in [1.165, 1.54) is 11.6 Å². The van der Waals surface area contributed by atoms with Gasteiger partial charge < -0.3 is 5.11 Å². The topological polar surface area (TPSA) is 95.0 Å². The molecule has 2 fully saturated rings. The molecule has 2 saturated heterocycles. The zero-order chi connectivity index (χ0) is 30.9. The summed E-state index contributed by atoms with van der Waals surface area (Å²) in [6, 6.07) is 14.0. The number of hydrogen-bond donors (Lipinski definition) is 1.